The van der Waals surface area contributed by atoms with Crippen molar-refractivity contribution in [3.05, 3.63) is 0 Å². The van der Waals surface area contributed by atoms with Crippen molar-refractivity contribution in [2.45, 2.75) is 12.8 Å². The summed E-state index contributed by atoms with van der Waals surface area (Å²) in [6.45, 7) is 0.787. The van der Waals surface area contributed by atoms with Crippen molar-refractivity contribution < 1.29 is 13.0 Å². The molecule has 0 spiro atoms. The van der Waals surface area contributed by atoms with E-state index in [9.17, 15) is 8.42 Å². The fourth-order valence-electron chi connectivity index (χ4n) is 0.586. The van der Waals surface area contributed by atoms with E-state index in [4.69, 9.17) is 4.55 Å². The van der Waals surface area contributed by atoms with Gasteiger partial charge in [-0.2, -0.15) is 8.42 Å². The molecule has 0 aromatic carbocycles. The SMILES string of the molecule is CNCCCCS(=O)(=O)O.[KH]. The molecular weight excluding hydrogens is 193 g/mol. The van der Waals surface area contributed by atoms with E-state index in [-0.39, 0.29) is 57.1 Å². The summed E-state index contributed by atoms with van der Waals surface area (Å²) in [6.07, 6.45) is 1.29. The van der Waals surface area contributed by atoms with Crippen molar-refractivity contribution in [2.75, 3.05) is 19.3 Å². The summed E-state index contributed by atoms with van der Waals surface area (Å²) < 4.78 is 28.5. The molecule has 0 aliphatic carbocycles. The zero-order valence-electron chi connectivity index (χ0n) is 6.00. The van der Waals surface area contributed by atoms with Crippen molar-refractivity contribution in [2.24, 2.45) is 0 Å². The number of nitrogens with one attached hydrogen (secondary N) is 1. The Morgan fingerprint density at radius 3 is 2.27 bits per heavy atom. The molecule has 11 heavy (non-hydrogen) atoms. The van der Waals surface area contributed by atoms with Crippen LogP contribution in [0.1, 0.15) is 12.8 Å². The maximum atomic E-state index is 10.1. The molecule has 0 amide bonds. The van der Waals surface area contributed by atoms with Gasteiger partial charge in [0.05, 0.1) is 5.75 Å². The number of unbranched alkanes of at least 4 members (excludes halogenated alkanes) is 1. The van der Waals surface area contributed by atoms with E-state index in [0.717, 1.165) is 13.0 Å². The monoisotopic (exact) mass is 207 g/mol. The van der Waals surface area contributed by atoms with Gasteiger partial charge in [0.2, 0.25) is 0 Å². The van der Waals surface area contributed by atoms with E-state index in [1.54, 1.807) is 7.05 Å². The summed E-state index contributed by atoms with van der Waals surface area (Å²) >= 11 is 0. The summed E-state index contributed by atoms with van der Waals surface area (Å²) in [5.41, 5.74) is 0. The second-order valence-corrected chi connectivity index (χ2v) is 3.67. The molecule has 0 fully saturated rings. The number of rotatable bonds is 5. The first-order valence-corrected chi connectivity index (χ1v) is 4.77. The minimum atomic E-state index is -3.73. The van der Waals surface area contributed by atoms with Crippen LogP contribution in [0, 0.1) is 0 Å². The van der Waals surface area contributed by atoms with Crippen LogP contribution in [-0.2, 0) is 10.1 Å². The van der Waals surface area contributed by atoms with Gasteiger partial charge in [0, 0.05) is 0 Å². The van der Waals surface area contributed by atoms with Gasteiger partial charge < -0.3 is 5.32 Å². The van der Waals surface area contributed by atoms with Gasteiger partial charge in [-0.15, -0.1) is 0 Å². The van der Waals surface area contributed by atoms with Gasteiger partial charge in [-0.05, 0) is 26.4 Å². The quantitative estimate of drug-likeness (QED) is 0.353. The Balaban J connectivity index is 0. The molecule has 0 unspecified atom stereocenters. The normalized spacial score (nSPS) is 10.7. The molecule has 0 heterocycles. The number of hydrogen-bond donors (Lipinski definition) is 2. The van der Waals surface area contributed by atoms with E-state index in [0.29, 0.717) is 6.42 Å². The van der Waals surface area contributed by atoms with Gasteiger partial charge in [-0.1, -0.05) is 0 Å². The van der Waals surface area contributed by atoms with E-state index in [1.807, 2.05) is 0 Å². The molecule has 0 saturated heterocycles. The summed E-state index contributed by atoms with van der Waals surface area (Å²) in [7, 11) is -1.93. The molecule has 0 bridgehead atoms. The Morgan fingerprint density at radius 1 is 1.36 bits per heavy atom. The Labute approximate surface area is 110 Å². The van der Waals surface area contributed by atoms with Crippen LogP contribution in [0.2, 0.25) is 0 Å². The van der Waals surface area contributed by atoms with Crippen molar-refractivity contribution in [3.63, 3.8) is 0 Å². The van der Waals surface area contributed by atoms with E-state index in [2.05, 4.69) is 5.32 Å². The Bertz CT molecular complexity index is 169. The van der Waals surface area contributed by atoms with Gasteiger partial charge in [0.25, 0.3) is 10.1 Å². The second kappa shape index (κ2) is 8.12. The molecule has 0 rings (SSSR count). The third-order valence-corrected chi connectivity index (χ3v) is 1.88. The molecule has 0 atom stereocenters. The molecule has 0 aromatic rings. The number of hydrogen-bond acceptors (Lipinski definition) is 3. The first-order chi connectivity index (χ1) is 4.56. The molecule has 4 nitrogen and oxygen atoms in total. The molecule has 0 radical (unpaired) electrons. The molecule has 0 aliphatic heterocycles. The molecule has 64 valence electrons. The van der Waals surface area contributed by atoms with Gasteiger partial charge in [-0.3, -0.25) is 4.55 Å². The van der Waals surface area contributed by atoms with Crippen molar-refractivity contribution in [1.82, 2.24) is 5.32 Å². The van der Waals surface area contributed by atoms with E-state index < -0.39 is 10.1 Å². The first kappa shape index (κ1) is 15.0. The predicted molar refractivity (Wildman–Crippen MR) is 46.7 cm³/mol. The summed E-state index contributed by atoms with van der Waals surface area (Å²) in [4.78, 5) is 0. The van der Waals surface area contributed by atoms with Crippen LogP contribution in [-0.4, -0.2) is 83.7 Å². The third kappa shape index (κ3) is 14.4. The van der Waals surface area contributed by atoms with Gasteiger partial charge in [-0.25, -0.2) is 0 Å². The van der Waals surface area contributed by atoms with Crippen molar-refractivity contribution in [3.8, 4) is 0 Å². The Morgan fingerprint density at radius 2 is 1.91 bits per heavy atom. The second-order valence-electron chi connectivity index (χ2n) is 2.10. The average molecular weight is 207 g/mol. The Hall–Kier alpha value is 1.51. The van der Waals surface area contributed by atoms with Crippen LogP contribution in [0.4, 0.5) is 0 Å². The molecule has 0 aliphatic rings. The van der Waals surface area contributed by atoms with Gasteiger partial charge in [0.1, 0.15) is 0 Å². The van der Waals surface area contributed by atoms with Crippen LogP contribution in [0.15, 0.2) is 0 Å². The zero-order valence-corrected chi connectivity index (χ0v) is 6.82. The molecule has 6 heteroatoms. The first-order valence-electron chi connectivity index (χ1n) is 3.16. The fraction of sp³-hybridized carbons (Fsp3) is 1.00. The molecular formula is C5H14KNO3S. The summed E-state index contributed by atoms with van der Waals surface area (Å²) in [5.74, 6) is -0.130. The standard InChI is InChI=1S/C5H13NO3S.K.H/c1-6-4-2-3-5-10(7,8)9;;/h6H,2-5H2,1H3,(H,7,8,9);;. The van der Waals surface area contributed by atoms with Crippen LogP contribution < -0.4 is 5.32 Å². The maximum absolute atomic E-state index is 10.1. The summed E-state index contributed by atoms with van der Waals surface area (Å²) in [5, 5.41) is 2.88. The Kier molecular flexibility index (Phi) is 11.1. The minimum absolute atomic E-state index is 0. The van der Waals surface area contributed by atoms with Gasteiger partial charge >= 0.3 is 51.4 Å². The fourth-order valence-corrected chi connectivity index (χ4v) is 1.16. The van der Waals surface area contributed by atoms with Crippen LogP contribution in [0.3, 0.4) is 0 Å². The molecule has 0 aromatic heterocycles. The van der Waals surface area contributed by atoms with Crippen LogP contribution >= 0.6 is 0 Å². The average Bonchev–Trinajstić information content (AvgIpc) is 1.78. The zero-order chi connectivity index (χ0) is 8.04. The van der Waals surface area contributed by atoms with Crippen molar-refractivity contribution in [1.29, 1.82) is 0 Å². The topological polar surface area (TPSA) is 66.4 Å². The summed E-state index contributed by atoms with van der Waals surface area (Å²) in [6, 6.07) is 0. The van der Waals surface area contributed by atoms with E-state index >= 15 is 0 Å². The van der Waals surface area contributed by atoms with Crippen molar-refractivity contribution >= 4 is 61.5 Å². The van der Waals surface area contributed by atoms with Crippen LogP contribution in [0.5, 0.6) is 0 Å². The van der Waals surface area contributed by atoms with E-state index in [1.165, 1.54) is 0 Å². The third-order valence-electron chi connectivity index (χ3n) is 1.08. The van der Waals surface area contributed by atoms with Gasteiger partial charge in [0.15, 0.2) is 0 Å². The molecule has 0 saturated carbocycles. The predicted octanol–water partition coefficient (Wildman–Crippen LogP) is -0.775. The molecule has 2 N–H and O–H groups in total. The van der Waals surface area contributed by atoms with Crippen LogP contribution in [0.25, 0.3) is 0 Å².